The molecule has 0 radical (unpaired) electrons. The monoisotopic (exact) mass is 181 g/mol. The molecule has 0 unspecified atom stereocenters. The summed E-state index contributed by atoms with van der Waals surface area (Å²) in [6.07, 6.45) is 4.97. The molecule has 5 nitrogen and oxygen atoms in total. The van der Waals surface area contributed by atoms with Crippen LogP contribution in [0.3, 0.4) is 0 Å². The topological polar surface area (TPSA) is 52.7 Å². The van der Waals surface area contributed by atoms with Crippen LogP contribution in [0.5, 0.6) is 0 Å². The molecular weight excluding hydrogens is 170 g/mol. The molecule has 1 rings (SSSR count). The Labute approximate surface area is 76.7 Å². The van der Waals surface area contributed by atoms with E-state index in [1.165, 1.54) is 9.80 Å². The van der Waals surface area contributed by atoms with Crippen LogP contribution in [0.4, 0.5) is 4.79 Å². The van der Waals surface area contributed by atoms with E-state index >= 15 is 0 Å². The number of hydrogen-bond donors (Lipinski definition) is 1. The highest BCUT2D eigenvalue weighted by Gasteiger charge is 2.27. The minimum atomic E-state index is -0.296. The molecular formula is C8H11N3O2. The number of nitrogens with zero attached hydrogens (tertiary/aromatic N) is 2. The number of hydrogen-bond acceptors (Lipinski definition) is 2. The number of amides is 3. The molecule has 13 heavy (non-hydrogen) atoms. The first-order valence-corrected chi connectivity index (χ1v) is 3.85. The summed E-state index contributed by atoms with van der Waals surface area (Å²) >= 11 is 0. The zero-order chi connectivity index (χ0) is 9.84. The fourth-order valence-electron chi connectivity index (χ4n) is 1.04. The Kier molecular flexibility index (Phi) is 2.75. The van der Waals surface area contributed by atoms with Gasteiger partial charge in [-0.05, 0) is 0 Å². The van der Waals surface area contributed by atoms with Crippen molar-refractivity contribution in [1.82, 2.24) is 15.1 Å². The maximum absolute atomic E-state index is 11.2. The Morgan fingerprint density at radius 3 is 2.92 bits per heavy atom. The highest BCUT2D eigenvalue weighted by molar-refractivity contribution is 5.86. The van der Waals surface area contributed by atoms with E-state index in [-0.39, 0.29) is 25.0 Å². The molecule has 0 aliphatic carbocycles. The number of nitrogens with one attached hydrogen (secondary N) is 1. The van der Waals surface area contributed by atoms with Crippen molar-refractivity contribution < 1.29 is 9.59 Å². The lowest BCUT2D eigenvalue weighted by Crippen LogP contribution is -2.39. The lowest BCUT2D eigenvalue weighted by molar-refractivity contribution is -0.125. The van der Waals surface area contributed by atoms with Crippen molar-refractivity contribution in [2.75, 3.05) is 26.8 Å². The molecule has 5 heteroatoms. The fourth-order valence-corrected chi connectivity index (χ4v) is 1.04. The van der Waals surface area contributed by atoms with Crippen molar-refractivity contribution in [3.63, 3.8) is 0 Å². The van der Waals surface area contributed by atoms with Crippen LogP contribution in [0.25, 0.3) is 0 Å². The molecule has 1 fully saturated rings. The second kappa shape index (κ2) is 3.81. The number of terminal acetylenes is 1. The van der Waals surface area contributed by atoms with E-state index in [0.717, 1.165) is 0 Å². The summed E-state index contributed by atoms with van der Waals surface area (Å²) in [5.74, 6) is 2.23. The number of carbonyl (C=O) groups is 2. The first-order valence-electron chi connectivity index (χ1n) is 3.85. The Bertz CT molecular complexity index is 269. The zero-order valence-electron chi connectivity index (χ0n) is 7.41. The van der Waals surface area contributed by atoms with Gasteiger partial charge in [-0.25, -0.2) is 4.79 Å². The van der Waals surface area contributed by atoms with Crippen molar-refractivity contribution in [3.8, 4) is 12.3 Å². The summed E-state index contributed by atoms with van der Waals surface area (Å²) in [7, 11) is 1.65. The highest BCUT2D eigenvalue weighted by atomic mass is 16.2. The van der Waals surface area contributed by atoms with Gasteiger partial charge in [0.25, 0.3) is 0 Å². The van der Waals surface area contributed by atoms with Crippen LogP contribution < -0.4 is 5.32 Å². The summed E-state index contributed by atoms with van der Waals surface area (Å²) in [5, 5.41) is 2.49. The van der Waals surface area contributed by atoms with Gasteiger partial charge in [0.2, 0.25) is 5.91 Å². The Morgan fingerprint density at radius 2 is 2.46 bits per heavy atom. The first-order chi connectivity index (χ1) is 6.15. The van der Waals surface area contributed by atoms with Crippen LogP contribution in [0.1, 0.15) is 0 Å². The molecule has 1 heterocycles. The lowest BCUT2D eigenvalue weighted by Gasteiger charge is -2.14. The van der Waals surface area contributed by atoms with Gasteiger partial charge in [-0.2, -0.15) is 0 Å². The minimum absolute atomic E-state index is 0.0594. The maximum Gasteiger partial charge on any atom is 0.320 e. The van der Waals surface area contributed by atoms with Crippen molar-refractivity contribution in [2.24, 2.45) is 0 Å². The van der Waals surface area contributed by atoms with Gasteiger partial charge in [-0.3, -0.25) is 9.69 Å². The maximum atomic E-state index is 11.2. The normalized spacial score (nSPS) is 15.8. The van der Waals surface area contributed by atoms with E-state index in [1.54, 1.807) is 7.05 Å². The third-order valence-corrected chi connectivity index (χ3v) is 1.76. The van der Waals surface area contributed by atoms with Crippen molar-refractivity contribution in [2.45, 2.75) is 0 Å². The van der Waals surface area contributed by atoms with Gasteiger partial charge < -0.3 is 10.2 Å². The van der Waals surface area contributed by atoms with Crippen LogP contribution in [0, 0.1) is 12.3 Å². The Morgan fingerprint density at radius 1 is 1.77 bits per heavy atom. The summed E-state index contributed by atoms with van der Waals surface area (Å²) in [5.41, 5.74) is 0. The van der Waals surface area contributed by atoms with Crippen LogP contribution in [0.2, 0.25) is 0 Å². The van der Waals surface area contributed by atoms with Crippen LogP contribution in [-0.2, 0) is 4.79 Å². The number of carbonyl (C=O) groups excluding carboxylic acids is 2. The van der Waals surface area contributed by atoms with Gasteiger partial charge in [0, 0.05) is 7.05 Å². The minimum Gasteiger partial charge on any atom is -0.327 e. The van der Waals surface area contributed by atoms with Crippen LogP contribution in [0.15, 0.2) is 0 Å². The quantitative estimate of drug-likeness (QED) is 0.531. The molecule has 1 aliphatic heterocycles. The van der Waals surface area contributed by atoms with Gasteiger partial charge in [0.1, 0.15) is 6.54 Å². The number of rotatable bonds is 1. The Hall–Kier alpha value is -1.70. The molecule has 0 atom stereocenters. The highest BCUT2D eigenvalue weighted by Crippen LogP contribution is 2.02. The first kappa shape index (κ1) is 9.39. The number of urea groups is 1. The van der Waals surface area contributed by atoms with Crippen LogP contribution in [-0.4, -0.2) is 48.5 Å². The third-order valence-electron chi connectivity index (χ3n) is 1.76. The van der Waals surface area contributed by atoms with Gasteiger partial charge >= 0.3 is 6.03 Å². The predicted molar refractivity (Wildman–Crippen MR) is 46.6 cm³/mol. The largest absolute Gasteiger partial charge is 0.327 e. The summed E-state index contributed by atoms with van der Waals surface area (Å²) in [6, 6.07) is -0.296. The van der Waals surface area contributed by atoms with Gasteiger partial charge in [-0.1, -0.05) is 5.92 Å². The molecule has 0 aromatic rings. The smallest absolute Gasteiger partial charge is 0.320 e. The fraction of sp³-hybridized carbons (Fsp3) is 0.500. The van der Waals surface area contributed by atoms with E-state index in [1.807, 2.05) is 0 Å². The second-order valence-corrected chi connectivity index (χ2v) is 2.79. The average Bonchev–Trinajstić information content (AvgIpc) is 2.43. The number of likely N-dealkylation sites (N-methyl/N-ethyl adjacent to an activating group) is 1. The lowest BCUT2D eigenvalue weighted by atomic mass is 10.6. The third kappa shape index (κ3) is 2.12. The van der Waals surface area contributed by atoms with Crippen LogP contribution >= 0.6 is 0 Å². The Balaban J connectivity index is 2.42. The predicted octanol–water partition coefficient (Wildman–Crippen LogP) is -0.939. The standard InChI is InChI=1S/C8H11N3O2/c1-3-4-9-8(13)11-5-7(12)10(2)6-11/h1H,4-6H2,2H3,(H,9,13). The van der Waals surface area contributed by atoms with E-state index in [9.17, 15) is 9.59 Å². The molecule has 1 N–H and O–H groups in total. The molecule has 1 saturated heterocycles. The molecule has 0 spiro atoms. The van der Waals surface area contributed by atoms with Gasteiger partial charge in [-0.15, -0.1) is 6.42 Å². The van der Waals surface area contributed by atoms with Gasteiger partial charge in [0.15, 0.2) is 0 Å². The average molecular weight is 181 g/mol. The van der Waals surface area contributed by atoms with E-state index in [4.69, 9.17) is 6.42 Å². The summed E-state index contributed by atoms with van der Waals surface area (Å²) in [4.78, 5) is 25.1. The van der Waals surface area contributed by atoms with Crippen molar-refractivity contribution in [1.29, 1.82) is 0 Å². The van der Waals surface area contributed by atoms with Crippen molar-refractivity contribution >= 4 is 11.9 Å². The molecule has 0 bridgehead atoms. The molecule has 3 amide bonds. The van der Waals surface area contributed by atoms with E-state index < -0.39 is 0 Å². The molecule has 70 valence electrons. The SMILES string of the molecule is C#CCNC(=O)N1CC(=O)N(C)C1. The molecule has 0 aromatic carbocycles. The summed E-state index contributed by atoms with van der Waals surface area (Å²) < 4.78 is 0. The molecule has 1 aliphatic rings. The van der Waals surface area contributed by atoms with E-state index in [2.05, 4.69) is 11.2 Å². The zero-order valence-corrected chi connectivity index (χ0v) is 7.41. The van der Waals surface area contributed by atoms with Gasteiger partial charge in [0.05, 0.1) is 13.2 Å². The van der Waals surface area contributed by atoms with E-state index in [0.29, 0.717) is 6.67 Å². The summed E-state index contributed by atoms with van der Waals surface area (Å²) in [6.45, 7) is 0.648. The molecule has 0 saturated carbocycles. The second-order valence-electron chi connectivity index (χ2n) is 2.79. The molecule has 0 aromatic heterocycles. The van der Waals surface area contributed by atoms with Crippen molar-refractivity contribution in [3.05, 3.63) is 0 Å².